The van der Waals surface area contributed by atoms with Crippen LogP contribution in [0.2, 0.25) is 0 Å². The van der Waals surface area contributed by atoms with Crippen LogP contribution >= 0.6 is 0 Å². The maximum absolute atomic E-state index is 12.4. The smallest absolute Gasteiger partial charge is 0.252 e. The van der Waals surface area contributed by atoms with Crippen LogP contribution in [0.4, 0.5) is 0 Å². The van der Waals surface area contributed by atoms with Crippen LogP contribution in [0.15, 0.2) is 0 Å². The van der Waals surface area contributed by atoms with Crippen LogP contribution in [0.1, 0.15) is 19.8 Å². The minimum Gasteiger partial charge on any atom is -0.365 e. The van der Waals surface area contributed by atoms with Crippen LogP contribution in [0.25, 0.3) is 0 Å². The summed E-state index contributed by atoms with van der Waals surface area (Å²) >= 11 is 0. The second kappa shape index (κ2) is 5.67. The first-order chi connectivity index (χ1) is 8.63. The van der Waals surface area contributed by atoms with Crippen molar-refractivity contribution in [2.45, 2.75) is 38.0 Å². The first kappa shape index (κ1) is 13.3. The number of nitrogens with zero attached hydrogens (tertiary/aromatic N) is 1. The molecule has 0 aromatic carbocycles. The normalized spacial score (nSPS) is 32.3. The van der Waals surface area contributed by atoms with Crippen molar-refractivity contribution in [3.8, 4) is 0 Å². The average Bonchev–Trinajstić information content (AvgIpc) is 2.83. The minimum absolute atomic E-state index is 0.0468. The number of hydrogen-bond donors (Lipinski definition) is 2. The lowest BCUT2D eigenvalue weighted by Crippen LogP contribution is -2.61. The van der Waals surface area contributed by atoms with E-state index in [0.29, 0.717) is 13.1 Å². The highest BCUT2D eigenvalue weighted by atomic mass is 16.5. The number of carbonyl (C=O) groups excluding carboxylic acids is 2. The first-order valence-corrected chi connectivity index (χ1v) is 6.51. The van der Waals surface area contributed by atoms with E-state index in [0.717, 1.165) is 19.4 Å². The standard InChI is InChI=1S/C12H21N3O3/c1-8-3-4-10(18-8)12(17)15-6-5-14-7-9(15)11(16)13-2/h8-10,14H,3-7H2,1-2H3,(H,13,16). The summed E-state index contributed by atoms with van der Waals surface area (Å²) < 4.78 is 5.59. The molecule has 2 aliphatic heterocycles. The molecule has 6 nitrogen and oxygen atoms in total. The predicted octanol–water partition coefficient (Wildman–Crippen LogP) is -0.900. The molecule has 2 N–H and O–H groups in total. The molecule has 2 fully saturated rings. The van der Waals surface area contributed by atoms with Gasteiger partial charge in [-0.15, -0.1) is 0 Å². The van der Waals surface area contributed by atoms with Gasteiger partial charge < -0.3 is 20.3 Å². The summed E-state index contributed by atoms with van der Waals surface area (Å²) in [5.41, 5.74) is 0. The number of piperazine rings is 1. The van der Waals surface area contributed by atoms with Crippen LogP contribution in [0.3, 0.4) is 0 Å². The maximum Gasteiger partial charge on any atom is 0.252 e. The third-order valence-electron chi connectivity index (χ3n) is 3.58. The van der Waals surface area contributed by atoms with E-state index in [1.807, 2.05) is 6.92 Å². The van der Waals surface area contributed by atoms with Gasteiger partial charge in [-0.3, -0.25) is 9.59 Å². The van der Waals surface area contributed by atoms with Crippen molar-refractivity contribution < 1.29 is 14.3 Å². The zero-order valence-electron chi connectivity index (χ0n) is 10.9. The third-order valence-corrected chi connectivity index (χ3v) is 3.58. The Labute approximate surface area is 107 Å². The fourth-order valence-electron chi connectivity index (χ4n) is 2.54. The Kier molecular flexibility index (Phi) is 4.19. The fraction of sp³-hybridized carbons (Fsp3) is 0.833. The number of nitrogens with one attached hydrogen (secondary N) is 2. The summed E-state index contributed by atoms with van der Waals surface area (Å²) in [5, 5.41) is 5.74. The molecule has 2 rings (SSSR count). The van der Waals surface area contributed by atoms with Gasteiger partial charge in [0.05, 0.1) is 6.10 Å². The average molecular weight is 255 g/mol. The second-order valence-electron chi connectivity index (χ2n) is 4.88. The SMILES string of the molecule is CNC(=O)C1CNCCN1C(=O)C1CCC(C)O1. The van der Waals surface area contributed by atoms with E-state index in [1.165, 1.54) is 0 Å². The minimum atomic E-state index is -0.421. The molecule has 3 unspecified atom stereocenters. The molecule has 0 aromatic heterocycles. The Morgan fingerprint density at radius 3 is 2.78 bits per heavy atom. The maximum atomic E-state index is 12.4. The zero-order chi connectivity index (χ0) is 13.1. The highest BCUT2D eigenvalue weighted by molar-refractivity contribution is 5.89. The van der Waals surface area contributed by atoms with Gasteiger partial charge in [0, 0.05) is 26.7 Å². The number of rotatable bonds is 2. The number of likely N-dealkylation sites (N-methyl/N-ethyl adjacent to an activating group) is 1. The molecule has 0 aromatic rings. The van der Waals surface area contributed by atoms with Crippen molar-refractivity contribution in [3.63, 3.8) is 0 Å². The highest BCUT2D eigenvalue weighted by Crippen LogP contribution is 2.22. The van der Waals surface area contributed by atoms with Crippen molar-refractivity contribution in [1.82, 2.24) is 15.5 Å². The quantitative estimate of drug-likeness (QED) is 0.671. The molecule has 6 heteroatoms. The molecule has 0 saturated carbocycles. The van der Waals surface area contributed by atoms with Gasteiger partial charge in [0.1, 0.15) is 12.1 Å². The van der Waals surface area contributed by atoms with Crippen molar-refractivity contribution in [3.05, 3.63) is 0 Å². The van der Waals surface area contributed by atoms with Crippen LogP contribution < -0.4 is 10.6 Å². The van der Waals surface area contributed by atoms with Gasteiger partial charge in [0.25, 0.3) is 5.91 Å². The molecule has 3 atom stereocenters. The van der Waals surface area contributed by atoms with Gasteiger partial charge in [-0.05, 0) is 19.8 Å². The highest BCUT2D eigenvalue weighted by Gasteiger charge is 2.37. The number of amides is 2. The number of hydrogen-bond acceptors (Lipinski definition) is 4. The van der Waals surface area contributed by atoms with E-state index in [4.69, 9.17) is 4.74 Å². The number of carbonyl (C=O) groups is 2. The Balaban J connectivity index is 2.04. The molecular weight excluding hydrogens is 234 g/mol. The van der Waals surface area contributed by atoms with Gasteiger partial charge in [-0.1, -0.05) is 0 Å². The Morgan fingerprint density at radius 1 is 1.39 bits per heavy atom. The Bertz CT molecular complexity index is 335. The third kappa shape index (κ3) is 2.64. The summed E-state index contributed by atoms with van der Waals surface area (Å²) in [6.45, 7) is 3.77. The van der Waals surface area contributed by atoms with Crippen molar-refractivity contribution in [1.29, 1.82) is 0 Å². The lowest BCUT2D eigenvalue weighted by atomic mass is 10.1. The summed E-state index contributed by atoms with van der Waals surface area (Å²) in [6.07, 6.45) is 1.43. The lowest BCUT2D eigenvalue weighted by Gasteiger charge is -2.36. The van der Waals surface area contributed by atoms with Crippen LogP contribution in [0, 0.1) is 0 Å². The van der Waals surface area contributed by atoms with Gasteiger partial charge in [0.2, 0.25) is 5.91 Å². The molecule has 18 heavy (non-hydrogen) atoms. The summed E-state index contributed by atoms with van der Waals surface area (Å²) in [4.78, 5) is 25.8. The summed E-state index contributed by atoms with van der Waals surface area (Å²) in [6, 6.07) is -0.421. The fourth-order valence-corrected chi connectivity index (χ4v) is 2.54. The Hall–Kier alpha value is -1.14. The van der Waals surface area contributed by atoms with E-state index in [2.05, 4.69) is 10.6 Å². The summed E-state index contributed by atoms with van der Waals surface area (Å²) in [5.74, 6) is -0.170. The van der Waals surface area contributed by atoms with Gasteiger partial charge in [0.15, 0.2) is 0 Å². The van der Waals surface area contributed by atoms with Gasteiger partial charge in [-0.2, -0.15) is 0 Å². The van der Waals surface area contributed by atoms with Gasteiger partial charge in [-0.25, -0.2) is 0 Å². The van der Waals surface area contributed by atoms with Crippen molar-refractivity contribution in [2.75, 3.05) is 26.7 Å². The van der Waals surface area contributed by atoms with E-state index in [9.17, 15) is 9.59 Å². The predicted molar refractivity (Wildman–Crippen MR) is 66.0 cm³/mol. The van der Waals surface area contributed by atoms with Crippen molar-refractivity contribution >= 4 is 11.8 Å². The van der Waals surface area contributed by atoms with Crippen LogP contribution in [0.5, 0.6) is 0 Å². The molecule has 2 saturated heterocycles. The number of ether oxygens (including phenoxy) is 1. The van der Waals surface area contributed by atoms with E-state index < -0.39 is 6.04 Å². The zero-order valence-corrected chi connectivity index (χ0v) is 10.9. The van der Waals surface area contributed by atoms with Gasteiger partial charge >= 0.3 is 0 Å². The molecule has 0 bridgehead atoms. The largest absolute Gasteiger partial charge is 0.365 e. The van der Waals surface area contributed by atoms with E-state index >= 15 is 0 Å². The van der Waals surface area contributed by atoms with E-state index in [1.54, 1.807) is 11.9 Å². The first-order valence-electron chi connectivity index (χ1n) is 6.51. The molecule has 2 heterocycles. The summed E-state index contributed by atoms with van der Waals surface area (Å²) in [7, 11) is 1.59. The molecule has 0 spiro atoms. The van der Waals surface area contributed by atoms with E-state index in [-0.39, 0.29) is 24.0 Å². The lowest BCUT2D eigenvalue weighted by molar-refractivity contribution is -0.150. The second-order valence-corrected chi connectivity index (χ2v) is 4.88. The van der Waals surface area contributed by atoms with Crippen LogP contribution in [-0.2, 0) is 14.3 Å². The monoisotopic (exact) mass is 255 g/mol. The van der Waals surface area contributed by atoms with Crippen molar-refractivity contribution in [2.24, 2.45) is 0 Å². The molecule has 2 amide bonds. The van der Waals surface area contributed by atoms with Crippen LogP contribution in [-0.4, -0.2) is 61.6 Å². The molecule has 2 aliphatic rings. The molecule has 0 radical (unpaired) electrons. The Morgan fingerprint density at radius 2 is 2.17 bits per heavy atom. The molecule has 102 valence electrons. The molecular formula is C12H21N3O3. The molecule has 0 aliphatic carbocycles. The topological polar surface area (TPSA) is 70.7 Å².